The number of imidazole rings is 1. The minimum atomic E-state index is -4.03. The average molecular weight is 617 g/mol. The van der Waals surface area contributed by atoms with Crippen LogP contribution in [-0.2, 0) is 16.8 Å². The van der Waals surface area contributed by atoms with Gasteiger partial charge in [0.1, 0.15) is 11.5 Å². The summed E-state index contributed by atoms with van der Waals surface area (Å²) in [6, 6.07) is 9.18. The molecule has 1 spiro atoms. The highest BCUT2D eigenvalue weighted by Gasteiger charge is 2.53. The van der Waals surface area contributed by atoms with E-state index in [1.165, 1.54) is 26.8 Å². The van der Waals surface area contributed by atoms with Gasteiger partial charge in [0.15, 0.2) is 0 Å². The van der Waals surface area contributed by atoms with Gasteiger partial charge in [-0.2, -0.15) is 21.5 Å². The molecule has 3 fully saturated rings. The third-order valence-electron chi connectivity index (χ3n) is 8.73. The second-order valence-corrected chi connectivity index (χ2v) is 13.7. The van der Waals surface area contributed by atoms with Crippen molar-refractivity contribution in [3.05, 3.63) is 66.2 Å². The van der Waals surface area contributed by atoms with Gasteiger partial charge in [0.25, 0.3) is 5.89 Å². The molecule has 2 aliphatic heterocycles. The normalized spacial score (nSPS) is 20.1. The van der Waals surface area contributed by atoms with Gasteiger partial charge in [-0.3, -0.25) is 9.21 Å². The maximum absolute atomic E-state index is 14.3. The van der Waals surface area contributed by atoms with Crippen molar-refractivity contribution in [3.63, 3.8) is 0 Å². The fourth-order valence-corrected chi connectivity index (χ4v) is 8.34. The topological polar surface area (TPSA) is 103 Å². The van der Waals surface area contributed by atoms with Crippen LogP contribution in [-0.4, -0.2) is 94.5 Å². The summed E-state index contributed by atoms with van der Waals surface area (Å²) in [6.07, 6.45) is 2.74. The Morgan fingerprint density at radius 1 is 1.09 bits per heavy atom. The number of pyridine rings is 1. The summed E-state index contributed by atoms with van der Waals surface area (Å²) < 4.78 is 77.6. The molecule has 7 rings (SSSR count). The highest BCUT2D eigenvalue weighted by Crippen LogP contribution is 2.49. The second kappa shape index (κ2) is 10.6. The zero-order chi connectivity index (χ0) is 29.9. The Morgan fingerprint density at radius 2 is 1.86 bits per heavy atom. The molecule has 1 aliphatic carbocycles. The van der Waals surface area contributed by atoms with Gasteiger partial charge in [-0.25, -0.2) is 9.37 Å². The predicted molar refractivity (Wildman–Crippen MR) is 151 cm³/mol. The Labute approximate surface area is 246 Å². The fourth-order valence-electron chi connectivity index (χ4n) is 6.76. The van der Waals surface area contributed by atoms with Crippen LogP contribution in [0, 0.1) is 11.2 Å². The Hall–Kier alpha value is -3.53. The van der Waals surface area contributed by atoms with Crippen LogP contribution in [0.1, 0.15) is 30.9 Å². The van der Waals surface area contributed by atoms with E-state index in [0.29, 0.717) is 54.5 Å². The Bertz CT molecular complexity index is 1740. The molecule has 3 aromatic heterocycles. The van der Waals surface area contributed by atoms with E-state index in [1.54, 1.807) is 35.0 Å². The van der Waals surface area contributed by atoms with Crippen LogP contribution < -0.4 is 4.31 Å². The SMILES string of the molecule is CN1CC2(CC(N3CCN(S(=O)(=O)N(Cc4cn5ccc(-c6nnc(C(F)F)o6)cc5n4)c4cccc(F)c4)CC3)C2)C1. The van der Waals surface area contributed by atoms with Crippen molar-refractivity contribution in [1.82, 2.24) is 33.7 Å². The van der Waals surface area contributed by atoms with E-state index >= 15 is 0 Å². The fraction of sp³-hybridized carbons (Fsp3) is 0.464. The molecule has 11 nitrogen and oxygen atoms in total. The molecule has 1 aromatic carbocycles. The third-order valence-corrected chi connectivity index (χ3v) is 10.6. The zero-order valence-corrected chi connectivity index (χ0v) is 24.3. The largest absolute Gasteiger partial charge is 0.415 e. The van der Waals surface area contributed by atoms with E-state index in [9.17, 15) is 21.6 Å². The first-order valence-corrected chi connectivity index (χ1v) is 15.5. The predicted octanol–water partition coefficient (Wildman–Crippen LogP) is 3.42. The van der Waals surface area contributed by atoms with Crippen LogP contribution in [0.25, 0.3) is 17.1 Å². The molecule has 3 aliphatic rings. The summed E-state index contributed by atoms with van der Waals surface area (Å²) in [5.74, 6) is -1.41. The number of hydrogen-bond donors (Lipinski definition) is 0. The van der Waals surface area contributed by atoms with Crippen LogP contribution in [0.2, 0.25) is 0 Å². The molecule has 5 heterocycles. The number of nitrogens with zero attached hydrogens (tertiary/aromatic N) is 8. The van der Waals surface area contributed by atoms with Gasteiger partial charge < -0.3 is 13.7 Å². The maximum Gasteiger partial charge on any atom is 0.314 e. The van der Waals surface area contributed by atoms with Crippen molar-refractivity contribution in [3.8, 4) is 11.5 Å². The number of alkyl halides is 2. The Morgan fingerprint density at radius 3 is 2.53 bits per heavy atom. The van der Waals surface area contributed by atoms with Crippen molar-refractivity contribution in [1.29, 1.82) is 0 Å². The van der Waals surface area contributed by atoms with E-state index in [1.807, 2.05) is 0 Å². The van der Waals surface area contributed by atoms with Crippen LogP contribution >= 0.6 is 0 Å². The lowest BCUT2D eigenvalue weighted by Gasteiger charge is -2.61. The van der Waals surface area contributed by atoms with Gasteiger partial charge in [-0.1, -0.05) is 6.07 Å². The van der Waals surface area contributed by atoms with Crippen molar-refractivity contribution >= 4 is 21.5 Å². The molecule has 1 saturated carbocycles. The van der Waals surface area contributed by atoms with E-state index in [0.717, 1.165) is 25.9 Å². The minimum Gasteiger partial charge on any atom is -0.415 e. The monoisotopic (exact) mass is 616 g/mol. The van der Waals surface area contributed by atoms with Gasteiger partial charge in [-0.05, 0) is 55.6 Å². The lowest BCUT2D eigenvalue weighted by atomic mass is 9.60. The summed E-state index contributed by atoms with van der Waals surface area (Å²) >= 11 is 0. The quantitative estimate of drug-likeness (QED) is 0.297. The molecule has 2 saturated heterocycles. The van der Waals surface area contributed by atoms with Gasteiger partial charge in [-0.15, -0.1) is 10.2 Å². The van der Waals surface area contributed by atoms with Crippen molar-refractivity contribution in [2.75, 3.05) is 50.6 Å². The van der Waals surface area contributed by atoms with Crippen LogP contribution in [0.15, 0.2) is 53.2 Å². The molecule has 0 N–H and O–H groups in total. The van der Waals surface area contributed by atoms with Crippen molar-refractivity contribution < 1.29 is 26.0 Å². The molecule has 0 bridgehead atoms. The summed E-state index contributed by atoms with van der Waals surface area (Å²) in [7, 11) is -1.90. The molecule has 0 unspecified atom stereocenters. The molecule has 43 heavy (non-hydrogen) atoms. The number of benzene rings is 1. The Kier molecular flexibility index (Phi) is 6.95. The smallest absolute Gasteiger partial charge is 0.314 e. The molecule has 15 heteroatoms. The summed E-state index contributed by atoms with van der Waals surface area (Å²) in [5.41, 5.74) is 1.86. The van der Waals surface area contributed by atoms with Crippen LogP contribution in [0.3, 0.4) is 0 Å². The number of rotatable bonds is 8. The first kappa shape index (κ1) is 28.3. The number of aromatic nitrogens is 4. The lowest BCUT2D eigenvalue weighted by molar-refractivity contribution is -0.102. The second-order valence-electron chi connectivity index (χ2n) is 11.8. The molecule has 0 radical (unpaired) electrons. The number of fused-ring (bicyclic) bond motifs is 1. The molecular formula is C28H31F3N8O3S. The lowest BCUT2D eigenvalue weighted by Crippen LogP contribution is -2.67. The van der Waals surface area contributed by atoms with E-state index in [2.05, 4.69) is 32.0 Å². The number of halogens is 3. The summed E-state index contributed by atoms with van der Waals surface area (Å²) in [5, 5.41) is 7.04. The summed E-state index contributed by atoms with van der Waals surface area (Å²) in [6.45, 7) is 4.12. The standard InChI is InChI=1S/C28H31F3N8O3S/c1-35-17-28(18-35)13-23(14-28)36-7-9-38(10-8-36)43(40,41)39(22-4-2-3-20(29)12-22)16-21-15-37-6-5-19(11-24(37)32-21)26-33-34-27(42-26)25(30)31/h2-6,11-12,15,23,25H,7-10,13-14,16-18H2,1H3. The highest BCUT2D eigenvalue weighted by atomic mass is 32.2. The third kappa shape index (κ3) is 5.28. The molecular weight excluding hydrogens is 585 g/mol. The van der Waals surface area contributed by atoms with E-state index in [4.69, 9.17) is 4.42 Å². The minimum absolute atomic E-state index is 0.0810. The van der Waals surface area contributed by atoms with Gasteiger partial charge >= 0.3 is 16.6 Å². The highest BCUT2D eigenvalue weighted by molar-refractivity contribution is 7.90. The molecule has 4 aromatic rings. The van der Waals surface area contributed by atoms with E-state index in [-0.39, 0.29) is 18.1 Å². The first-order chi connectivity index (χ1) is 20.6. The van der Waals surface area contributed by atoms with Gasteiger partial charge in [0.2, 0.25) is 5.89 Å². The van der Waals surface area contributed by atoms with Crippen LogP contribution in [0.4, 0.5) is 18.9 Å². The van der Waals surface area contributed by atoms with E-state index < -0.39 is 28.3 Å². The number of piperazine rings is 1. The summed E-state index contributed by atoms with van der Waals surface area (Å²) in [4.78, 5) is 9.30. The number of anilines is 1. The molecule has 0 atom stereocenters. The van der Waals surface area contributed by atoms with Gasteiger partial charge in [0.05, 0.1) is 17.9 Å². The van der Waals surface area contributed by atoms with Crippen LogP contribution in [0.5, 0.6) is 0 Å². The first-order valence-electron chi connectivity index (χ1n) is 14.1. The number of likely N-dealkylation sites (tertiary alicyclic amines) is 1. The molecule has 0 amide bonds. The Balaban J connectivity index is 1.10. The molecule has 228 valence electrons. The van der Waals surface area contributed by atoms with Crippen molar-refractivity contribution in [2.24, 2.45) is 5.41 Å². The van der Waals surface area contributed by atoms with Crippen molar-refractivity contribution in [2.45, 2.75) is 31.9 Å². The number of hydrogen-bond acceptors (Lipinski definition) is 8. The average Bonchev–Trinajstić information content (AvgIpc) is 3.60. The zero-order valence-electron chi connectivity index (χ0n) is 23.5. The maximum atomic E-state index is 14.3. The van der Waals surface area contributed by atoms with Gasteiger partial charge in [0, 0.05) is 63.3 Å².